The minimum Gasteiger partial charge on any atom is -0.508 e. The normalized spacial score (nSPS) is 17.7. The molecule has 1 heterocycles. The van der Waals surface area contributed by atoms with Gasteiger partial charge in [-0.15, -0.1) is 0 Å². The van der Waals surface area contributed by atoms with Gasteiger partial charge < -0.3 is 47.6 Å². The molecule has 0 aromatic heterocycles. The standard InChI is InChI=1S/C30H47N9O10/c1-16(2)14-22(28(45)38-13-5-7-23(38)27(44)36-24(17(3)40)29(46)47)35-26(43)21(15-18-8-10-19(41)11-9-18)34-25(42)20(31)6-4-12-33-30(32)37-39(48)49/h8-11,16-17,20-24,40-41H,4-7,12-15,31H2,1-3H3,(H,34,42)(H,35,43)(H,36,44)(H,46,47)(H3,32,33,37)/t17-,20+,21+,22+,23+,24+/m1/s1. The third-order valence-corrected chi connectivity index (χ3v) is 7.71. The molecule has 49 heavy (non-hydrogen) atoms. The number of phenols is 1. The number of carbonyl (C=O) groups is 5. The van der Waals surface area contributed by atoms with Crippen LogP contribution in [0.3, 0.4) is 0 Å². The van der Waals surface area contributed by atoms with Gasteiger partial charge in [0.1, 0.15) is 23.9 Å². The average Bonchev–Trinajstić information content (AvgIpc) is 3.51. The fraction of sp³-hybridized carbons (Fsp3) is 0.600. The molecule has 0 bridgehead atoms. The number of carboxylic acids is 1. The molecule has 4 amide bonds. The molecule has 1 aliphatic heterocycles. The maximum atomic E-state index is 13.9. The molecule has 11 N–H and O–H groups in total. The molecule has 19 nitrogen and oxygen atoms in total. The first-order valence-corrected chi connectivity index (χ1v) is 15.9. The number of hydrazine groups is 1. The Hall–Kier alpha value is -5.04. The van der Waals surface area contributed by atoms with Crippen LogP contribution in [0.4, 0.5) is 0 Å². The van der Waals surface area contributed by atoms with Gasteiger partial charge in [-0.2, -0.15) is 0 Å². The number of hydrogen-bond acceptors (Lipinski definition) is 11. The summed E-state index contributed by atoms with van der Waals surface area (Å²) in [5.74, 6) is -4.67. The Kier molecular flexibility index (Phi) is 15.6. The van der Waals surface area contributed by atoms with E-state index in [1.165, 1.54) is 24.0 Å². The zero-order valence-electron chi connectivity index (χ0n) is 27.7. The largest absolute Gasteiger partial charge is 0.508 e. The molecule has 0 unspecified atom stereocenters. The van der Waals surface area contributed by atoms with Crippen molar-refractivity contribution in [1.82, 2.24) is 26.3 Å². The predicted octanol–water partition coefficient (Wildman–Crippen LogP) is -1.90. The van der Waals surface area contributed by atoms with Gasteiger partial charge in [-0.25, -0.2) is 19.9 Å². The zero-order valence-corrected chi connectivity index (χ0v) is 27.7. The van der Waals surface area contributed by atoms with Gasteiger partial charge in [0.2, 0.25) is 23.6 Å². The number of rotatable bonds is 18. The van der Waals surface area contributed by atoms with Gasteiger partial charge in [-0.3, -0.25) is 19.2 Å². The number of likely N-dealkylation sites (tertiary alicyclic amines) is 1. The van der Waals surface area contributed by atoms with Crippen molar-refractivity contribution in [3.05, 3.63) is 39.9 Å². The van der Waals surface area contributed by atoms with Crippen molar-refractivity contribution in [2.75, 3.05) is 13.1 Å². The van der Waals surface area contributed by atoms with Crippen LogP contribution in [0.1, 0.15) is 58.4 Å². The van der Waals surface area contributed by atoms with E-state index in [1.54, 1.807) is 17.6 Å². The van der Waals surface area contributed by atoms with Crippen molar-refractivity contribution < 1.29 is 44.3 Å². The van der Waals surface area contributed by atoms with E-state index >= 15 is 0 Å². The van der Waals surface area contributed by atoms with E-state index in [-0.39, 0.29) is 56.9 Å². The first kappa shape index (κ1) is 40.1. The number of phenolic OH excluding ortho intramolecular Hbond substituents is 1. The molecule has 6 atom stereocenters. The minimum atomic E-state index is -1.58. The van der Waals surface area contributed by atoms with Gasteiger partial charge in [0.05, 0.1) is 12.1 Å². The van der Waals surface area contributed by atoms with Crippen molar-refractivity contribution in [3.8, 4) is 5.75 Å². The van der Waals surface area contributed by atoms with E-state index in [4.69, 9.17) is 11.5 Å². The highest BCUT2D eigenvalue weighted by Crippen LogP contribution is 2.21. The molecule has 1 aromatic rings. The number of benzene rings is 1. The monoisotopic (exact) mass is 693 g/mol. The number of aliphatic hydroxyl groups is 1. The van der Waals surface area contributed by atoms with Crippen molar-refractivity contribution in [3.63, 3.8) is 0 Å². The Morgan fingerprint density at radius 3 is 2.27 bits per heavy atom. The van der Waals surface area contributed by atoms with Gasteiger partial charge in [0.15, 0.2) is 11.1 Å². The summed E-state index contributed by atoms with van der Waals surface area (Å²) in [6.07, 6.45) is -0.226. The van der Waals surface area contributed by atoms with E-state index in [0.717, 1.165) is 0 Å². The van der Waals surface area contributed by atoms with Gasteiger partial charge >= 0.3 is 5.97 Å². The summed E-state index contributed by atoms with van der Waals surface area (Å²) in [5, 5.41) is 46.1. The maximum absolute atomic E-state index is 13.9. The van der Waals surface area contributed by atoms with Crippen LogP contribution in [0.25, 0.3) is 0 Å². The molecular formula is C30H47N9O10. The number of nitrogens with zero attached hydrogens (tertiary/aromatic N) is 3. The maximum Gasteiger partial charge on any atom is 0.328 e. The number of aliphatic imine (C=N–C) groups is 1. The molecule has 0 spiro atoms. The fourth-order valence-electron chi connectivity index (χ4n) is 5.23. The van der Waals surface area contributed by atoms with Crippen LogP contribution in [0.5, 0.6) is 5.75 Å². The third kappa shape index (κ3) is 13.2. The molecular weight excluding hydrogens is 646 g/mol. The molecule has 272 valence electrons. The summed E-state index contributed by atoms with van der Waals surface area (Å²) in [6.45, 7) is 5.10. The van der Waals surface area contributed by atoms with Crippen molar-refractivity contribution >= 4 is 35.6 Å². The van der Waals surface area contributed by atoms with Crippen LogP contribution in [0, 0.1) is 16.0 Å². The molecule has 0 radical (unpaired) electrons. The van der Waals surface area contributed by atoms with Crippen molar-refractivity contribution in [2.45, 2.75) is 95.6 Å². The number of aliphatic carboxylic acids is 1. The predicted molar refractivity (Wildman–Crippen MR) is 175 cm³/mol. The second kappa shape index (κ2) is 19.1. The highest BCUT2D eigenvalue weighted by Gasteiger charge is 2.40. The average molecular weight is 694 g/mol. The summed E-state index contributed by atoms with van der Waals surface area (Å²) in [6, 6.07) is -0.0928. The van der Waals surface area contributed by atoms with Crippen LogP contribution in [-0.4, -0.2) is 110 Å². The summed E-state index contributed by atoms with van der Waals surface area (Å²) in [7, 11) is 0. The van der Waals surface area contributed by atoms with Gasteiger partial charge in [0, 0.05) is 19.5 Å². The van der Waals surface area contributed by atoms with Crippen LogP contribution < -0.4 is 32.8 Å². The highest BCUT2D eigenvalue weighted by molar-refractivity contribution is 5.96. The van der Waals surface area contributed by atoms with E-state index in [0.29, 0.717) is 12.0 Å². The zero-order chi connectivity index (χ0) is 36.8. The number of carboxylic acid groups (broad SMARTS) is 1. The number of hydrogen-bond donors (Lipinski definition) is 9. The number of nitrogens with one attached hydrogen (secondary N) is 4. The first-order chi connectivity index (χ1) is 23.0. The molecule has 19 heteroatoms. The van der Waals surface area contributed by atoms with Gasteiger partial charge in [-0.1, -0.05) is 31.4 Å². The number of nitrogens with two attached hydrogens (primary N) is 2. The summed E-state index contributed by atoms with van der Waals surface area (Å²) < 4.78 is 0. The van der Waals surface area contributed by atoms with Crippen molar-refractivity contribution in [1.29, 1.82) is 0 Å². The lowest BCUT2D eigenvalue weighted by molar-refractivity contribution is -0.525. The Labute approximate surface area is 283 Å². The van der Waals surface area contributed by atoms with Gasteiger partial charge in [-0.05, 0) is 62.6 Å². The van der Waals surface area contributed by atoms with Gasteiger partial charge in [0.25, 0.3) is 5.96 Å². The SMILES string of the molecule is CC(C)C[C@H](NC(=O)[C@H](Cc1ccc(O)cc1)NC(=O)[C@@H](N)CCCN=C(N)N[N+](=O)[O-])C(=O)N1CCC[C@H]1C(=O)N[C@H](C(=O)O)[C@@H](C)O. The number of amides is 4. The van der Waals surface area contributed by atoms with Crippen LogP contribution in [0.2, 0.25) is 0 Å². The van der Waals surface area contributed by atoms with E-state index in [2.05, 4.69) is 20.9 Å². The number of guanidine groups is 1. The third-order valence-electron chi connectivity index (χ3n) is 7.71. The molecule has 0 aliphatic carbocycles. The molecule has 1 aliphatic rings. The molecule has 2 rings (SSSR count). The number of carbonyl (C=O) groups excluding carboxylic acids is 4. The molecule has 1 fully saturated rings. The molecule has 0 saturated carbocycles. The number of aromatic hydroxyl groups is 1. The van der Waals surface area contributed by atoms with Crippen LogP contribution >= 0.6 is 0 Å². The lowest BCUT2D eigenvalue weighted by Crippen LogP contribution is -2.59. The quantitative estimate of drug-likeness (QED) is 0.0267. The summed E-state index contributed by atoms with van der Waals surface area (Å²) >= 11 is 0. The van der Waals surface area contributed by atoms with Crippen LogP contribution in [-0.2, 0) is 30.4 Å². The Balaban J connectivity index is 2.23. The second-order valence-corrected chi connectivity index (χ2v) is 12.3. The fourth-order valence-corrected chi connectivity index (χ4v) is 5.23. The second-order valence-electron chi connectivity index (χ2n) is 12.3. The van der Waals surface area contributed by atoms with E-state index in [1.807, 2.05) is 13.8 Å². The molecule has 1 saturated heterocycles. The minimum absolute atomic E-state index is 0.0116. The number of aliphatic hydroxyl groups excluding tert-OH is 1. The smallest absolute Gasteiger partial charge is 0.328 e. The first-order valence-electron chi connectivity index (χ1n) is 15.9. The Morgan fingerprint density at radius 2 is 1.69 bits per heavy atom. The lowest BCUT2D eigenvalue weighted by Gasteiger charge is -2.31. The van der Waals surface area contributed by atoms with E-state index in [9.17, 15) is 49.4 Å². The Bertz CT molecular complexity index is 1360. The topological polar surface area (TPSA) is 305 Å². The summed E-state index contributed by atoms with van der Waals surface area (Å²) in [5.41, 5.74) is 13.7. The van der Waals surface area contributed by atoms with Crippen LogP contribution in [0.15, 0.2) is 29.3 Å². The Morgan fingerprint density at radius 1 is 1.06 bits per heavy atom. The van der Waals surface area contributed by atoms with Crippen molar-refractivity contribution in [2.24, 2.45) is 22.4 Å². The van der Waals surface area contributed by atoms with E-state index < -0.39 is 76.9 Å². The molecule has 1 aromatic carbocycles. The summed E-state index contributed by atoms with van der Waals surface area (Å²) in [4.78, 5) is 80.8. The lowest BCUT2D eigenvalue weighted by atomic mass is 10.00. The number of nitro groups is 1. The highest BCUT2D eigenvalue weighted by atomic mass is 16.7.